The van der Waals surface area contributed by atoms with Crippen LogP contribution in [0.15, 0.2) is 65.6 Å². The van der Waals surface area contributed by atoms with E-state index < -0.39 is 0 Å². The highest BCUT2D eigenvalue weighted by molar-refractivity contribution is 14.1. The normalized spacial score (nSPS) is 14.6. The Balaban J connectivity index is 1.55. The zero-order valence-electron chi connectivity index (χ0n) is 19.2. The van der Waals surface area contributed by atoms with Gasteiger partial charge in [0.05, 0.1) is 21.6 Å². The maximum atomic E-state index is 13.1. The number of halogens is 2. The van der Waals surface area contributed by atoms with Crippen molar-refractivity contribution in [1.29, 1.82) is 0 Å². The number of hydrogen-bond acceptors (Lipinski definition) is 5. The van der Waals surface area contributed by atoms with E-state index in [0.29, 0.717) is 45.5 Å². The Labute approximate surface area is 233 Å². The highest BCUT2D eigenvalue weighted by Crippen LogP contribution is 2.38. The molecule has 1 aliphatic rings. The molecule has 180 valence electrons. The van der Waals surface area contributed by atoms with Gasteiger partial charge in [0, 0.05) is 5.02 Å². The Morgan fingerprint density at radius 1 is 1.09 bits per heavy atom. The molecule has 0 atom stereocenters. The maximum Gasteiger partial charge on any atom is 0.266 e. The number of rotatable bonds is 8. The molecule has 0 N–H and O–H groups in total. The lowest BCUT2D eigenvalue weighted by Crippen LogP contribution is -2.27. The maximum absolute atomic E-state index is 13.1. The second kappa shape index (κ2) is 11.8. The smallest absolute Gasteiger partial charge is 0.266 e. The first kappa shape index (κ1) is 26.0. The van der Waals surface area contributed by atoms with Crippen LogP contribution in [0.5, 0.6) is 11.5 Å². The van der Waals surface area contributed by atoms with E-state index >= 15 is 0 Å². The summed E-state index contributed by atoms with van der Waals surface area (Å²) in [5.74, 6) is 1.20. The SMILES string of the molecule is CCOc1cc(/C=C2\SC(=S)N(Cc3ccc(C)cc3)C2=O)cc(I)c1OCc1cccc(Cl)c1. The molecule has 8 heteroatoms. The van der Waals surface area contributed by atoms with Gasteiger partial charge in [-0.3, -0.25) is 9.69 Å². The van der Waals surface area contributed by atoms with E-state index in [1.807, 2.05) is 80.6 Å². The second-order valence-corrected chi connectivity index (χ2v) is 11.2. The molecular weight excluding hydrogens is 613 g/mol. The fraction of sp³-hybridized carbons (Fsp3) is 0.185. The molecule has 0 aliphatic carbocycles. The van der Waals surface area contributed by atoms with Crippen molar-refractivity contribution in [3.8, 4) is 11.5 Å². The van der Waals surface area contributed by atoms with E-state index in [-0.39, 0.29) is 5.91 Å². The van der Waals surface area contributed by atoms with Crippen LogP contribution in [0.4, 0.5) is 0 Å². The molecule has 35 heavy (non-hydrogen) atoms. The molecule has 4 rings (SSSR count). The molecule has 0 unspecified atom stereocenters. The van der Waals surface area contributed by atoms with Crippen molar-refractivity contribution < 1.29 is 14.3 Å². The van der Waals surface area contributed by atoms with Crippen molar-refractivity contribution in [3.63, 3.8) is 0 Å². The Kier molecular flexibility index (Phi) is 8.75. The summed E-state index contributed by atoms with van der Waals surface area (Å²) in [6, 6.07) is 19.6. The molecule has 1 heterocycles. The van der Waals surface area contributed by atoms with E-state index in [4.69, 9.17) is 33.3 Å². The molecule has 1 saturated heterocycles. The number of thioether (sulfide) groups is 1. The van der Waals surface area contributed by atoms with E-state index in [1.54, 1.807) is 4.90 Å². The standard InChI is InChI=1S/C27H23ClINO3S2/c1-3-32-23-13-20(12-22(29)25(23)33-16-19-5-4-6-21(28)11-19)14-24-26(31)30(27(34)35-24)15-18-9-7-17(2)8-10-18/h4-14H,3,15-16H2,1-2H3/b24-14-. The number of nitrogens with zero attached hydrogens (tertiary/aromatic N) is 1. The first-order chi connectivity index (χ1) is 16.8. The lowest BCUT2D eigenvalue weighted by Gasteiger charge is -2.15. The number of amides is 1. The Hall–Kier alpha value is -2.07. The summed E-state index contributed by atoms with van der Waals surface area (Å²) in [6.45, 7) is 5.29. The van der Waals surface area contributed by atoms with E-state index in [2.05, 4.69) is 22.6 Å². The number of thiocarbonyl (C=S) groups is 1. The minimum Gasteiger partial charge on any atom is -0.490 e. The zero-order valence-corrected chi connectivity index (χ0v) is 23.8. The minimum atomic E-state index is -0.0881. The van der Waals surface area contributed by atoms with Crippen molar-refractivity contribution in [1.82, 2.24) is 4.90 Å². The molecule has 0 aromatic heterocycles. The van der Waals surface area contributed by atoms with E-state index in [9.17, 15) is 4.79 Å². The summed E-state index contributed by atoms with van der Waals surface area (Å²) >= 11 is 15.2. The number of carbonyl (C=O) groups is 1. The van der Waals surface area contributed by atoms with Crippen molar-refractivity contribution in [3.05, 3.63) is 96.4 Å². The van der Waals surface area contributed by atoms with Crippen LogP contribution in [0.1, 0.15) is 29.2 Å². The summed E-state index contributed by atoms with van der Waals surface area (Å²) in [7, 11) is 0. The highest BCUT2D eigenvalue weighted by atomic mass is 127. The molecule has 4 nitrogen and oxygen atoms in total. The third-order valence-electron chi connectivity index (χ3n) is 5.24. The summed E-state index contributed by atoms with van der Waals surface area (Å²) in [6.07, 6.45) is 1.86. The molecule has 1 amide bonds. The molecule has 0 radical (unpaired) electrons. The third kappa shape index (κ3) is 6.58. The number of carbonyl (C=O) groups excluding carboxylic acids is 1. The van der Waals surface area contributed by atoms with Crippen LogP contribution in [-0.2, 0) is 17.9 Å². The molecule has 1 aliphatic heterocycles. The van der Waals surface area contributed by atoms with Gasteiger partial charge in [-0.05, 0) is 83.5 Å². The van der Waals surface area contributed by atoms with Gasteiger partial charge >= 0.3 is 0 Å². The first-order valence-electron chi connectivity index (χ1n) is 11.0. The third-order valence-corrected chi connectivity index (χ3v) is 7.65. The molecule has 3 aromatic carbocycles. The average Bonchev–Trinajstić information content (AvgIpc) is 3.07. The summed E-state index contributed by atoms with van der Waals surface area (Å²) in [5, 5.41) is 0.667. The van der Waals surface area contributed by atoms with E-state index in [1.165, 1.54) is 17.3 Å². The van der Waals surface area contributed by atoms with Gasteiger partial charge in [0.1, 0.15) is 10.9 Å². The molecule has 1 fully saturated rings. The van der Waals surface area contributed by atoms with Crippen molar-refractivity contribution in [2.24, 2.45) is 0 Å². The number of aryl methyl sites for hydroxylation is 1. The van der Waals surface area contributed by atoms with Crippen molar-refractivity contribution >= 4 is 74.5 Å². The minimum absolute atomic E-state index is 0.0881. The van der Waals surface area contributed by atoms with Gasteiger partial charge in [0.15, 0.2) is 11.5 Å². The number of ether oxygens (including phenoxy) is 2. The van der Waals surface area contributed by atoms with Crippen LogP contribution >= 0.6 is 58.2 Å². The zero-order chi connectivity index (χ0) is 24.9. The largest absolute Gasteiger partial charge is 0.490 e. The predicted molar refractivity (Wildman–Crippen MR) is 156 cm³/mol. The van der Waals surface area contributed by atoms with Crippen LogP contribution in [-0.4, -0.2) is 21.7 Å². The molecule has 3 aromatic rings. The van der Waals surface area contributed by atoms with Gasteiger partial charge in [0.2, 0.25) is 0 Å². The summed E-state index contributed by atoms with van der Waals surface area (Å²) in [5.41, 5.74) is 4.04. The van der Waals surface area contributed by atoms with Gasteiger partial charge in [-0.25, -0.2) is 0 Å². The van der Waals surface area contributed by atoms with Gasteiger partial charge in [-0.2, -0.15) is 0 Å². The Bertz CT molecular complexity index is 1290. The van der Waals surface area contributed by atoms with Crippen LogP contribution in [0, 0.1) is 10.5 Å². The molecule has 0 bridgehead atoms. The first-order valence-corrected chi connectivity index (χ1v) is 13.7. The van der Waals surface area contributed by atoms with Crippen LogP contribution in [0.3, 0.4) is 0 Å². The fourth-order valence-corrected chi connectivity index (χ4v) is 5.77. The van der Waals surface area contributed by atoms with E-state index in [0.717, 1.165) is 20.3 Å². The Morgan fingerprint density at radius 2 is 1.86 bits per heavy atom. The number of hydrogen-bond donors (Lipinski definition) is 0. The summed E-state index contributed by atoms with van der Waals surface area (Å²) < 4.78 is 13.4. The lowest BCUT2D eigenvalue weighted by molar-refractivity contribution is -0.122. The predicted octanol–water partition coefficient (Wildman–Crippen LogP) is 7.63. The monoisotopic (exact) mass is 635 g/mol. The van der Waals surface area contributed by atoms with Gasteiger partial charge < -0.3 is 9.47 Å². The number of benzene rings is 3. The van der Waals surface area contributed by atoms with Crippen LogP contribution in [0.2, 0.25) is 5.02 Å². The Morgan fingerprint density at radius 3 is 2.57 bits per heavy atom. The fourth-order valence-electron chi connectivity index (χ4n) is 3.52. The summed E-state index contributed by atoms with van der Waals surface area (Å²) in [4.78, 5) is 15.4. The lowest BCUT2D eigenvalue weighted by atomic mass is 10.1. The quantitative estimate of drug-likeness (QED) is 0.145. The topological polar surface area (TPSA) is 38.8 Å². The van der Waals surface area contributed by atoms with Crippen LogP contribution < -0.4 is 9.47 Å². The van der Waals surface area contributed by atoms with Gasteiger partial charge in [0.25, 0.3) is 5.91 Å². The molecular formula is C27H23ClINO3S2. The highest BCUT2D eigenvalue weighted by Gasteiger charge is 2.32. The van der Waals surface area contributed by atoms with Crippen LogP contribution in [0.25, 0.3) is 6.08 Å². The average molecular weight is 636 g/mol. The second-order valence-electron chi connectivity index (χ2n) is 7.94. The van der Waals surface area contributed by atoms with Crippen molar-refractivity contribution in [2.45, 2.75) is 27.0 Å². The van der Waals surface area contributed by atoms with Crippen molar-refractivity contribution in [2.75, 3.05) is 6.61 Å². The molecule has 0 spiro atoms. The molecule has 0 saturated carbocycles. The van der Waals surface area contributed by atoms with Gasteiger partial charge in [-0.1, -0.05) is 77.5 Å². The van der Waals surface area contributed by atoms with Gasteiger partial charge in [-0.15, -0.1) is 0 Å².